The quantitative estimate of drug-likeness (QED) is 0.824. The highest BCUT2D eigenvalue weighted by atomic mass is 35.5. The predicted octanol–water partition coefficient (Wildman–Crippen LogP) is 2.58. The first-order valence-electron chi connectivity index (χ1n) is 7.50. The molecule has 0 radical (unpaired) electrons. The molecule has 1 unspecified atom stereocenters. The molecule has 0 fully saturated rings. The Kier molecular flexibility index (Phi) is 5.62. The highest BCUT2D eigenvalue weighted by Crippen LogP contribution is 2.37. The van der Waals surface area contributed by atoms with Crippen LogP contribution in [0.1, 0.15) is 31.7 Å². The second kappa shape index (κ2) is 7.49. The molecule has 0 bridgehead atoms. The molecule has 1 aliphatic rings. The average Bonchev–Trinajstić information content (AvgIpc) is 2.50. The number of nitrogens with zero attached hydrogens (tertiary/aromatic N) is 1. The standard InChI is InChI=1S/C17H18ClNO5/c1-3-24-17(23)16-10(2)19(9-15(21)22)14(20)8-13(16)11-5-4-6-12(18)7-11/h4-7,13H,3,8-9H2,1-2H3,(H,21,22). The maximum Gasteiger partial charge on any atom is 0.336 e. The van der Waals surface area contributed by atoms with Gasteiger partial charge in [0.15, 0.2) is 0 Å². The zero-order valence-electron chi connectivity index (χ0n) is 13.4. The van der Waals surface area contributed by atoms with Crippen molar-refractivity contribution in [2.75, 3.05) is 13.2 Å². The highest BCUT2D eigenvalue weighted by Gasteiger charge is 2.37. The van der Waals surface area contributed by atoms with E-state index in [9.17, 15) is 14.4 Å². The number of hydrogen-bond acceptors (Lipinski definition) is 4. The van der Waals surface area contributed by atoms with Gasteiger partial charge in [0, 0.05) is 23.1 Å². The van der Waals surface area contributed by atoms with Gasteiger partial charge in [-0.15, -0.1) is 0 Å². The second-order valence-corrected chi connectivity index (χ2v) is 5.84. The number of carboxylic acids is 1. The smallest absolute Gasteiger partial charge is 0.336 e. The molecule has 128 valence electrons. The average molecular weight is 352 g/mol. The minimum Gasteiger partial charge on any atom is -0.480 e. The van der Waals surface area contributed by atoms with Gasteiger partial charge in [-0.05, 0) is 31.5 Å². The first-order valence-corrected chi connectivity index (χ1v) is 7.88. The van der Waals surface area contributed by atoms with Crippen LogP contribution in [-0.2, 0) is 19.1 Å². The molecule has 6 nitrogen and oxygen atoms in total. The Morgan fingerprint density at radius 3 is 2.71 bits per heavy atom. The summed E-state index contributed by atoms with van der Waals surface area (Å²) in [6, 6.07) is 6.92. The second-order valence-electron chi connectivity index (χ2n) is 5.40. The summed E-state index contributed by atoms with van der Waals surface area (Å²) in [4.78, 5) is 36.9. The van der Waals surface area contributed by atoms with Crippen LogP contribution < -0.4 is 0 Å². The summed E-state index contributed by atoms with van der Waals surface area (Å²) in [7, 11) is 0. The van der Waals surface area contributed by atoms with Crippen molar-refractivity contribution in [1.82, 2.24) is 4.90 Å². The molecular weight excluding hydrogens is 334 g/mol. The van der Waals surface area contributed by atoms with Crippen molar-refractivity contribution < 1.29 is 24.2 Å². The summed E-state index contributed by atoms with van der Waals surface area (Å²) in [5.74, 6) is -2.57. The van der Waals surface area contributed by atoms with Crippen molar-refractivity contribution in [3.63, 3.8) is 0 Å². The van der Waals surface area contributed by atoms with Crippen molar-refractivity contribution in [3.05, 3.63) is 46.1 Å². The summed E-state index contributed by atoms with van der Waals surface area (Å²) < 4.78 is 5.11. The summed E-state index contributed by atoms with van der Waals surface area (Å²) >= 11 is 6.02. The van der Waals surface area contributed by atoms with E-state index in [-0.39, 0.29) is 18.9 Å². The first-order chi connectivity index (χ1) is 11.3. The molecule has 0 aliphatic carbocycles. The number of halogens is 1. The Morgan fingerprint density at radius 1 is 1.42 bits per heavy atom. The van der Waals surface area contributed by atoms with Gasteiger partial charge in [0.1, 0.15) is 6.54 Å². The lowest BCUT2D eigenvalue weighted by Gasteiger charge is -2.33. The molecule has 1 atom stereocenters. The first kappa shape index (κ1) is 18.0. The molecular formula is C17H18ClNO5. The molecule has 1 heterocycles. The van der Waals surface area contributed by atoms with Crippen molar-refractivity contribution in [2.45, 2.75) is 26.2 Å². The van der Waals surface area contributed by atoms with Gasteiger partial charge in [-0.1, -0.05) is 23.7 Å². The van der Waals surface area contributed by atoms with Crippen LogP contribution in [0.25, 0.3) is 0 Å². The van der Waals surface area contributed by atoms with E-state index in [0.29, 0.717) is 21.9 Å². The van der Waals surface area contributed by atoms with Crippen molar-refractivity contribution >= 4 is 29.4 Å². The normalized spacial score (nSPS) is 17.9. The largest absolute Gasteiger partial charge is 0.480 e. The van der Waals surface area contributed by atoms with Gasteiger partial charge in [-0.25, -0.2) is 4.79 Å². The SMILES string of the molecule is CCOC(=O)C1=C(C)N(CC(=O)O)C(=O)CC1c1cccc(Cl)c1. The van der Waals surface area contributed by atoms with Crippen molar-refractivity contribution in [1.29, 1.82) is 0 Å². The van der Waals surface area contributed by atoms with E-state index in [1.54, 1.807) is 38.1 Å². The van der Waals surface area contributed by atoms with Gasteiger partial charge in [-0.3, -0.25) is 9.59 Å². The van der Waals surface area contributed by atoms with E-state index < -0.39 is 24.4 Å². The van der Waals surface area contributed by atoms with Crippen LogP contribution in [0.5, 0.6) is 0 Å². The van der Waals surface area contributed by atoms with Gasteiger partial charge in [0.2, 0.25) is 5.91 Å². The summed E-state index contributed by atoms with van der Waals surface area (Å²) in [5.41, 5.74) is 1.31. The number of esters is 1. The molecule has 1 aliphatic heterocycles. The van der Waals surface area contributed by atoms with E-state index in [4.69, 9.17) is 21.4 Å². The van der Waals surface area contributed by atoms with Crippen LogP contribution >= 0.6 is 11.6 Å². The molecule has 1 aromatic carbocycles. The third-order valence-corrected chi connectivity index (χ3v) is 4.10. The zero-order chi connectivity index (χ0) is 17.9. The number of ether oxygens (including phenoxy) is 1. The van der Waals surface area contributed by atoms with Crippen molar-refractivity contribution in [3.8, 4) is 0 Å². The van der Waals surface area contributed by atoms with E-state index in [1.165, 1.54) is 0 Å². The number of aliphatic carboxylic acids is 1. The Balaban J connectivity index is 2.53. The van der Waals surface area contributed by atoms with Crippen LogP contribution in [-0.4, -0.2) is 41.0 Å². The fourth-order valence-electron chi connectivity index (χ4n) is 2.82. The summed E-state index contributed by atoms with van der Waals surface area (Å²) in [5, 5.41) is 9.49. The summed E-state index contributed by atoms with van der Waals surface area (Å²) in [6.07, 6.45) is -0.0148. The maximum absolute atomic E-state index is 12.4. The van der Waals surface area contributed by atoms with Gasteiger partial charge in [-0.2, -0.15) is 0 Å². The molecule has 7 heteroatoms. The maximum atomic E-state index is 12.4. The van der Waals surface area contributed by atoms with Crippen molar-refractivity contribution in [2.24, 2.45) is 0 Å². The van der Waals surface area contributed by atoms with Crippen LogP contribution in [0.2, 0.25) is 5.02 Å². The molecule has 0 saturated heterocycles. The van der Waals surface area contributed by atoms with Crippen LogP contribution in [0, 0.1) is 0 Å². The fraction of sp³-hybridized carbons (Fsp3) is 0.353. The topological polar surface area (TPSA) is 83.9 Å². The third kappa shape index (κ3) is 3.76. The van der Waals surface area contributed by atoms with Crippen LogP contribution in [0.15, 0.2) is 35.5 Å². The molecule has 1 N–H and O–H groups in total. The monoisotopic (exact) mass is 351 g/mol. The number of carboxylic acid groups (broad SMARTS) is 1. The third-order valence-electron chi connectivity index (χ3n) is 3.86. The lowest BCUT2D eigenvalue weighted by Crippen LogP contribution is -2.41. The fourth-order valence-corrected chi connectivity index (χ4v) is 3.02. The Hall–Kier alpha value is -2.34. The number of hydrogen-bond donors (Lipinski definition) is 1. The van der Waals surface area contributed by atoms with Crippen LogP contribution in [0.4, 0.5) is 0 Å². The van der Waals surface area contributed by atoms with E-state index in [2.05, 4.69) is 0 Å². The van der Waals surface area contributed by atoms with Gasteiger partial charge in [0.25, 0.3) is 0 Å². The number of amides is 1. The molecule has 2 rings (SSSR count). The van der Waals surface area contributed by atoms with Gasteiger partial charge in [0.05, 0.1) is 12.2 Å². The Bertz CT molecular complexity index is 713. The molecule has 24 heavy (non-hydrogen) atoms. The number of carbonyl (C=O) groups excluding carboxylic acids is 2. The van der Waals surface area contributed by atoms with Gasteiger partial charge >= 0.3 is 11.9 Å². The minimum atomic E-state index is -1.15. The molecule has 0 saturated carbocycles. The molecule has 1 aromatic rings. The number of allylic oxidation sites excluding steroid dienone is 1. The molecule has 0 spiro atoms. The van der Waals surface area contributed by atoms with E-state index >= 15 is 0 Å². The number of carbonyl (C=O) groups is 3. The van der Waals surface area contributed by atoms with Gasteiger partial charge < -0.3 is 14.7 Å². The zero-order valence-corrected chi connectivity index (χ0v) is 14.2. The minimum absolute atomic E-state index is 0.0148. The lowest BCUT2D eigenvalue weighted by atomic mass is 9.83. The van der Waals surface area contributed by atoms with Crippen LogP contribution in [0.3, 0.4) is 0 Å². The Morgan fingerprint density at radius 2 is 2.12 bits per heavy atom. The lowest BCUT2D eigenvalue weighted by molar-refractivity contribution is -0.145. The molecule has 0 aromatic heterocycles. The Labute approximate surface area is 144 Å². The molecule has 1 amide bonds. The number of rotatable bonds is 5. The van der Waals surface area contributed by atoms with E-state index in [1.807, 2.05) is 0 Å². The van der Waals surface area contributed by atoms with E-state index in [0.717, 1.165) is 4.90 Å². The summed E-state index contributed by atoms with van der Waals surface area (Å²) in [6.45, 7) is 2.94. The highest BCUT2D eigenvalue weighted by molar-refractivity contribution is 6.30. The number of benzene rings is 1. The predicted molar refractivity (Wildman–Crippen MR) is 87.5 cm³/mol.